The van der Waals surface area contributed by atoms with E-state index in [1.165, 1.54) is 6.42 Å². The van der Waals surface area contributed by atoms with E-state index in [9.17, 15) is 0 Å². The molecule has 0 unspecified atom stereocenters. The topological polar surface area (TPSA) is 33.4 Å². The fourth-order valence-electron chi connectivity index (χ4n) is 1.38. The Kier molecular flexibility index (Phi) is 4.61. The maximum atomic E-state index is 8.57. The summed E-state index contributed by atoms with van der Waals surface area (Å²) in [5.74, 6) is 2.08. The summed E-state index contributed by atoms with van der Waals surface area (Å²) >= 11 is 0. The van der Waals surface area contributed by atoms with Gasteiger partial charge in [-0.15, -0.1) is 0 Å². The van der Waals surface area contributed by atoms with E-state index in [1.54, 1.807) is 0 Å². The Morgan fingerprint density at radius 2 is 1.92 bits per heavy atom. The van der Waals surface area contributed by atoms with Gasteiger partial charge in [0.05, 0.1) is 0 Å². The Bertz CT molecular complexity index is 228. The van der Waals surface area contributed by atoms with Gasteiger partial charge in [-0.1, -0.05) is 12.8 Å². The van der Waals surface area contributed by atoms with Crippen LogP contribution >= 0.6 is 0 Å². The molecule has 0 bridgehead atoms. The van der Waals surface area contributed by atoms with Gasteiger partial charge in [0.15, 0.2) is 0 Å². The number of unbranched alkanes of at least 4 members (excludes halogenated alkanes) is 3. The summed E-state index contributed by atoms with van der Waals surface area (Å²) in [6.45, 7) is 2.29. The van der Waals surface area contributed by atoms with Crippen molar-refractivity contribution >= 4 is 0 Å². The third kappa shape index (κ3) is 4.13. The van der Waals surface area contributed by atoms with Crippen LogP contribution in [-0.4, -0.2) is 11.7 Å². The Labute approximate surface area is 79.6 Å². The molecule has 0 aromatic carbocycles. The molecule has 1 aromatic heterocycles. The first-order chi connectivity index (χ1) is 6.33. The van der Waals surface area contributed by atoms with Crippen molar-refractivity contribution < 1.29 is 9.52 Å². The maximum Gasteiger partial charge on any atom is 0.104 e. The molecule has 2 nitrogen and oxygen atoms in total. The first kappa shape index (κ1) is 10.3. The Hall–Kier alpha value is -0.760. The summed E-state index contributed by atoms with van der Waals surface area (Å²) < 4.78 is 5.44. The third-order valence-electron chi connectivity index (χ3n) is 2.13. The Balaban J connectivity index is 2.06. The van der Waals surface area contributed by atoms with Crippen molar-refractivity contribution in [3.8, 4) is 0 Å². The van der Waals surface area contributed by atoms with E-state index in [4.69, 9.17) is 9.52 Å². The Morgan fingerprint density at radius 1 is 1.15 bits per heavy atom. The average Bonchev–Trinajstić information content (AvgIpc) is 2.51. The average molecular weight is 182 g/mol. The van der Waals surface area contributed by atoms with E-state index in [2.05, 4.69) is 0 Å². The van der Waals surface area contributed by atoms with Gasteiger partial charge >= 0.3 is 0 Å². The number of aryl methyl sites for hydroxylation is 2. The highest BCUT2D eigenvalue weighted by molar-refractivity contribution is 5.05. The third-order valence-corrected chi connectivity index (χ3v) is 2.13. The standard InChI is InChI=1S/C11H18O2/c1-10-7-8-11(13-10)6-4-2-3-5-9-12/h7-8,12H,2-6,9H2,1H3. The van der Waals surface area contributed by atoms with Crippen LogP contribution in [0.3, 0.4) is 0 Å². The molecule has 1 rings (SSSR count). The van der Waals surface area contributed by atoms with Gasteiger partial charge in [0.2, 0.25) is 0 Å². The predicted octanol–water partition coefficient (Wildman–Crippen LogP) is 2.68. The Morgan fingerprint density at radius 3 is 2.54 bits per heavy atom. The van der Waals surface area contributed by atoms with E-state index < -0.39 is 0 Å². The second-order valence-corrected chi connectivity index (χ2v) is 3.40. The number of rotatable bonds is 6. The summed E-state index contributed by atoms with van der Waals surface area (Å²) in [5, 5.41) is 8.57. The second-order valence-electron chi connectivity index (χ2n) is 3.40. The molecular weight excluding hydrogens is 164 g/mol. The van der Waals surface area contributed by atoms with Crippen molar-refractivity contribution in [3.05, 3.63) is 23.7 Å². The van der Waals surface area contributed by atoms with Crippen LogP contribution in [0.1, 0.15) is 37.2 Å². The lowest BCUT2D eigenvalue weighted by atomic mass is 10.1. The summed E-state index contributed by atoms with van der Waals surface area (Å²) in [5.41, 5.74) is 0. The molecule has 0 amide bonds. The van der Waals surface area contributed by atoms with Gasteiger partial charge in [0.25, 0.3) is 0 Å². The number of aliphatic hydroxyl groups is 1. The zero-order valence-corrected chi connectivity index (χ0v) is 8.25. The van der Waals surface area contributed by atoms with Gasteiger partial charge in [-0.3, -0.25) is 0 Å². The number of hydrogen-bond acceptors (Lipinski definition) is 2. The zero-order chi connectivity index (χ0) is 9.52. The minimum atomic E-state index is 0.319. The summed E-state index contributed by atoms with van der Waals surface area (Å²) in [6, 6.07) is 4.05. The van der Waals surface area contributed by atoms with Gasteiger partial charge < -0.3 is 9.52 Å². The molecule has 0 fully saturated rings. The molecule has 0 aliphatic carbocycles. The monoisotopic (exact) mass is 182 g/mol. The van der Waals surface area contributed by atoms with Crippen LogP contribution in [0.15, 0.2) is 16.5 Å². The molecule has 0 saturated carbocycles. The highest BCUT2D eigenvalue weighted by atomic mass is 16.3. The molecule has 0 aliphatic heterocycles. The van der Waals surface area contributed by atoms with Crippen LogP contribution < -0.4 is 0 Å². The number of hydrogen-bond donors (Lipinski definition) is 1. The molecule has 13 heavy (non-hydrogen) atoms. The molecular formula is C11H18O2. The highest BCUT2D eigenvalue weighted by Crippen LogP contribution is 2.10. The van der Waals surface area contributed by atoms with Crippen LogP contribution in [0.4, 0.5) is 0 Å². The van der Waals surface area contributed by atoms with Crippen molar-refractivity contribution in [2.75, 3.05) is 6.61 Å². The molecule has 0 aliphatic rings. The molecule has 1 N–H and O–H groups in total. The quantitative estimate of drug-likeness (QED) is 0.686. The van der Waals surface area contributed by atoms with Gasteiger partial charge in [-0.05, 0) is 31.9 Å². The zero-order valence-electron chi connectivity index (χ0n) is 8.25. The molecule has 0 spiro atoms. The van der Waals surface area contributed by atoms with E-state index >= 15 is 0 Å². The van der Waals surface area contributed by atoms with Crippen LogP contribution in [0.5, 0.6) is 0 Å². The van der Waals surface area contributed by atoms with Crippen molar-refractivity contribution in [2.24, 2.45) is 0 Å². The predicted molar refractivity (Wildman–Crippen MR) is 52.7 cm³/mol. The molecule has 74 valence electrons. The lowest BCUT2D eigenvalue weighted by Crippen LogP contribution is -1.85. The number of aliphatic hydroxyl groups excluding tert-OH is 1. The first-order valence-electron chi connectivity index (χ1n) is 4.99. The number of furan rings is 1. The van der Waals surface area contributed by atoms with Crippen molar-refractivity contribution in [1.29, 1.82) is 0 Å². The van der Waals surface area contributed by atoms with E-state index in [0.29, 0.717) is 6.61 Å². The summed E-state index contributed by atoms with van der Waals surface area (Å²) in [4.78, 5) is 0. The van der Waals surface area contributed by atoms with Crippen LogP contribution in [0, 0.1) is 6.92 Å². The first-order valence-corrected chi connectivity index (χ1v) is 4.99. The van der Waals surface area contributed by atoms with Crippen LogP contribution in [0.25, 0.3) is 0 Å². The SMILES string of the molecule is Cc1ccc(CCCCCCO)o1. The lowest BCUT2D eigenvalue weighted by Gasteiger charge is -1.97. The fourth-order valence-corrected chi connectivity index (χ4v) is 1.38. The van der Waals surface area contributed by atoms with Gasteiger partial charge in [0, 0.05) is 13.0 Å². The molecule has 1 heterocycles. The van der Waals surface area contributed by atoms with Crippen molar-refractivity contribution in [3.63, 3.8) is 0 Å². The fraction of sp³-hybridized carbons (Fsp3) is 0.636. The van der Waals surface area contributed by atoms with E-state index in [1.807, 2.05) is 19.1 Å². The molecule has 2 heteroatoms. The van der Waals surface area contributed by atoms with Crippen LogP contribution in [0.2, 0.25) is 0 Å². The maximum absolute atomic E-state index is 8.57. The van der Waals surface area contributed by atoms with Gasteiger partial charge in [-0.25, -0.2) is 0 Å². The lowest BCUT2D eigenvalue weighted by molar-refractivity contribution is 0.282. The summed E-state index contributed by atoms with van der Waals surface area (Å²) in [7, 11) is 0. The molecule has 0 saturated heterocycles. The second kappa shape index (κ2) is 5.81. The van der Waals surface area contributed by atoms with Crippen molar-refractivity contribution in [1.82, 2.24) is 0 Å². The van der Waals surface area contributed by atoms with Gasteiger partial charge in [-0.2, -0.15) is 0 Å². The molecule has 0 atom stereocenters. The van der Waals surface area contributed by atoms with Gasteiger partial charge in [0.1, 0.15) is 11.5 Å². The minimum absolute atomic E-state index is 0.319. The normalized spacial score (nSPS) is 10.6. The highest BCUT2D eigenvalue weighted by Gasteiger charge is 1.97. The van der Waals surface area contributed by atoms with Crippen LogP contribution in [-0.2, 0) is 6.42 Å². The van der Waals surface area contributed by atoms with E-state index in [-0.39, 0.29) is 0 Å². The molecule has 1 aromatic rings. The van der Waals surface area contributed by atoms with Crippen molar-refractivity contribution in [2.45, 2.75) is 39.0 Å². The summed E-state index contributed by atoms with van der Waals surface area (Å²) in [6.07, 6.45) is 5.42. The van der Waals surface area contributed by atoms with E-state index in [0.717, 1.165) is 37.2 Å². The largest absolute Gasteiger partial charge is 0.466 e. The molecule has 0 radical (unpaired) electrons. The smallest absolute Gasteiger partial charge is 0.104 e. The minimum Gasteiger partial charge on any atom is -0.466 e.